The first kappa shape index (κ1) is 13.3. The molecule has 2 amide bonds. The van der Waals surface area contributed by atoms with Gasteiger partial charge in [-0.05, 0) is 36.2 Å². The van der Waals surface area contributed by atoms with Crippen LogP contribution in [0.15, 0.2) is 60.7 Å². The Hall–Kier alpha value is -2.14. The molecule has 0 unspecified atom stereocenters. The Morgan fingerprint density at radius 1 is 1.05 bits per heavy atom. The summed E-state index contributed by atoms with van der Waals surface area (Å²) < 4.78 is 3.17. The van der Waals surface area contributed by atoms with Crippen molar-refractivity contribution in [2.75, 3.05) is 15.5 Å². The van der Waals surface area contributed by atoms with Crippen LogP contribution in [-0.2, 0) is 0 Å². The molecule has 0 atom stereocenters. The number of rotatable bonds is 5. The Balaban J connectivity index is 1.94. The third-order valence-corrected chi connectivity index (χ3v) is 3.26. The van der Waals surface area contributed by atoms with Gasteiger partial charge in [0.25, 0.3) is 0 Å². The van der Waals surface area contributed by atoms with E-state index in [0.29, 0.717) is 5.88 Å². The summed E-state index contributed by atoms with van der Waals surface area (Å²) in [5.41, 5.74) is 7.17. The summed E-state index contributed by atoms with van der Waals surface area (Å²) in [6.45, 7) is 0. The fourth-order valence-electron chi connectivity index (χ4n) is 1.56. The summed E-state index contributed by atoms with van der Waals surface area (Å²) in [7, 11) is 0. The monoisotopic (exact) mass is 273 g/mol. The van der Waals surface area contributed by atoms with Gasteiger partial charge in [-0.3, -0.25) is 4.90 Å². The van der Waals surface area contributed by atoms with Crippen molar-refractivity contribution in [2.24, 2.45) is 5.73 Å². The van der Waals surface area contributed by atoms with Gasteiger partial charge in [0, 0.05) is 11.4 Å². The van der Waals surface area contributed by atoms with Crippen molar-refractivity contribution in [3.8, 4) is 0 Å². The highest BCUT2D eigenvalue weighted by Gasteiger charge is 2.11. The van der Waals surface area contributed by atoms with Crippen LogP contribution in [0.2, 0.25) is 0 Å². The molecule has 2 aromatic rings. The second-order valence-electron chi connectivity index (χ2n) is 3.84. The predicted octanol–water partition coefficient (Wildman–Crippen LogP) is 3.29. The quantitative estimate of drug-likeness (QED) is 0.649. The van der Waals surface area contributed by atoms with Gasteiger partial charge in [-0.15, -0.1) is 0 Å². The number of para-hydroxylation sites is 2. The maximum Gasteiger partial charge on any atom is 0.320 e. The molecule has 0 aliphatic heterocycles. The van der Waals surface area contributed by atoms with Crippen LogP contribution < -0.4 is 15.4 Å². The molecule has 0 spiro atoms. The summed E-state index contributed by atoms with van der Waals surface area (Å²) in [6.07, 6.45) is 0. The fourth-order valence-corrected chi connectivity index (χ4v) is 2.33. The molecule has 0 heterocycles. The number of nitrogens with one attached hydrogen (secondary N) is 1. The van der Waals surface area contributed by atoms with Crippen molar-refractivity contribution in [1.29, 1.82) is 0 Å². The summed E-state index contributed by atoms with van der Waals surface area (Å²) in [6, 6.07) is 18.7. The van der Waals surface area contributed by atoms with Crippen molar-refractivity contribution >= 4 is 29.4 Å². The molecule has 0 saturated heterocycles. The molecule has 0 aliphatic carbocycles. The van der Waals surface area contributed by atoms with E-state index < -0.39 is 6.03 Å². The topological polar surface area (TPSA) is 58.4 Å². The number of nitrogens with zero attached hydrogens (tertiary/aromatic N) is 1. The standard InChI is InChI=1S/C14H15N3OS/c15-14(18)17(13-9-5-2-6-10-13)11-19-16-12-7-3-1-4-8-12/h1-10,16H,11H2,(H2,15,18). The lowest BCUT2D eigenvalue weighted by Gasteiger charge is -2.20. The molecule has 0 radical (unpaired) electrons. The minimum atomic E-state index is -0.464. The summed E-state index contributed by atoms with van der Waals surface area (Å²) in [4.78, 5) is 13.0. The zero-order valence-corrected chi connectivity index (χ0v) is 11.1. The molecule has 19 heavy (non-hydrogen) atoms. The molecule has 2 rings (SSSR count). The van der Waals surface area contributed by atoms with Crippen LogP contribution in [0.4, 0.5) is 16.2 Å². The molecule has 0 bridgehead atoms. The average molecular weight is 273 g/mol. The predicted molar refractivity (Wildman–Crippen MR) is 81.0 cm³/mol. The number of carbonyl (C=O) groups excluding carboxylic acids is 1. The lowest BCUT2D eigenvalue weighted by Crippen LogP contribution is -2.35. The summed E-state index contributed by atoms with van der Waals surface area (Å²) in [5.74, 6) is 0.439. The van der Waals surface area contributed by atoms with E-state index in [2.05, 4.69) is 4.72 Å². The number of hydrogen-bond donors (Lipinski definition) is 2. The number of anilines is 2. The maximum absolute atomic E-state index is 11.4. The smallest absolute Gasteiger partial charge is 0.320 e. The number of amides is 2. The Morgan fingerprint density at radius 2 is 1.63 bits per heavy atom. The lowest BCUT2D eigenvalue weighted by molar-refractivity contribution is 0.255. The molecule has 3 N–H and O–H groups in total. The van der Waals surface area contributed by atoms with E-state index in [1.807, 2.05) is 60.7 Å². The van der Waals surface area contributed by atoms with Crippen LogP contribution in [0.3, 0.4) is 0 Å². The first-order valence-corrected chi connectivity index (χ1v) is 6.81. The molecule has 0 aromatic heterocycles. The lowest BCUT2D eigenvalue weighted by atomic mass is 10.3. The number of nitrogens with two attached hydrogens (primary N) is 1. The van der Waals surface area contributed by atoms with Crippen LogP contribution in [0.5, 0.6) is 0 Å². The van der Waals surface area contributed by atoms with Gasteiger partial charge in [0.1, 0.15) is 0 Å². The summed E-state index contributed by atoms with van der Waals surface area (Å²) in [5, 5.41) is 0. The Labute approximate surface area is 116 Å². The minimum Gasteiger partial charge on any atom is -0.351 e. The second-order valence-corrected chi connectivity index (χ2v) is 4.59. The van der Waals surface area contributed by atoms with Gasteiger partial charge < -0.3 is 10.5 Å². The molecular weight excluding hydrogens is 258 g/mol. The van der Waals surface area contributed by atoms with Crippen LogP contribution in [-0.4, -0.2) is 11.9 Å². The van der Waals surface area contributed by atoms with E-state index in [1.54, 1.807) is 0 Å². The molecule has 2 aromatic carbocycles. The fraction of sp³-hybridized carbons (Fsp3) is 0.0714. The van der Waals surface area contributed by atoms with E-state index in [9.17, 15) is 4.79 Å². The van der Waals surface area contributed by atoms with E-state index in [4.69, 9.17) is 5.73 Å². The molecule has 0 fully saturated rings. The highest BCUT2D eigenvalue weighted by Crippen LogP contribution is 2.18. The van der Waals surface area contributed by atoms with E-state index in [-0.39, 0.29) is 0 Å². The maximum atomic E-state index is 11.4. The average Bonchev–Trinajstić information content (AvgIpc) is 2.45. The third-order valence-electron chi connectivity index (χ3n) is 2.49. The minimum absolute atomic E-state index is 0.439. The molecule has 0 aliphatic rings. The van der Waals surface area contributed by atoms with Crippen molar-refractivity contribution in [2.45, 2.75) is 0 Å². The highest BCUT2D eigenvalue weighted by atomic mass is 32.2. The first-order valence-electron chi connectivity index (χ1n) is 5.82. The first-order chi connectivity index (χ1) is 9.27. The van der Waals surface area contributed by atoms with E-state index in [0.717, 1.165) is 11.4 Å². The molecular formula is C14H15N3OS. The van der Waals surface area contributed by atoms with Gasteiger partial charge in [0.05, 0.1) is 5.88 Å². The number of primary amides is 1. The van der Waals surface area contributed by atoms with Gasteiger partial charge >= 0.3 is 6.03 Å². The second kappa shape index (κ2) is 6.70. The zero-order chi connectivity index (χ0) is 13.5. The molecule has 4 nitrogen and oxygen atoms in total. The van der Waals surface area contributed by atoms with Crippen molar-refractivity contribution in [3.05, 3.63) is 60.7 Å². The number of hydrogen-bond acceptors (Lipinski definition) is 3. The van der Waals surface area contributed by atoms with Crippen LogP contribution >= 0.6 is 11.9 Å². The number of urea groups is 1. The van der Waals surface area contributed by atoms with Crippen molar-refractivity contribution in [3.63, 3.8) is 0 Å². The SMILES string of the molecule is NC(=O)N(CSNc1ccccc1)c1ccccc1. The van der Waals surface area contributed by atoms with Gasteiger partial charge in [-0.2, -0.15) is 0 Å². The zero-order valence-electron chi connectivity index (χ0n) is 10.3. The van der Waals surface area contributed by atoms with Gasteiger partial charge in [0.15, 0.2) is 0 Å². The summed E-state index contributed by atoms with van der Waals surface area (Å²) >= 11 is 1.41. The van der Waals surface area contributed by atoms with E-state index in [1.165, 1.54) is 16.8 Å². The number of benzene rings is 2. The van der Waals surface area contributed by atoms with E-state index >= 15 is 0 Å². The third kappa shape index (κ3) is 3.93. The molecule has 5 heteroatoms. The Kier molecular flexibility index (Phi) is 4.69. The van der Waals surface area contributed by atoms with Gasteiger partial charge in [0.2, 0.25) is 0 Å². The molecule has 98 valence electrons. The van der Waals surface area contributed by atoms with Gasteiger partial charge in [-0.25, -0.2) is 4.79 Å². The Morgan fingerprint density at radius 3 is 2.21 bits per heavy atom. The van der Waals surface area contributed by atoms with Crippen molar-refractivity contribution in [1.82, 2.24) is 0 Å². The normalized spacial score (nSPS) is 9.89. The van der Waals surface area contributed by atoms with Gasteiger partial charge in [-0.1, -0.05) is 36.4 Å². The van der Waals surface area contributed by atoms with Crippen LogP contribution in [0, 0.1) is 0 Å². The Bertz CT molecular complexity index is 519. The molecule has 0 saturated carbocycles. The van der Waals surface area contributed by atoms with Crippen LogP contribution in [0.1, 0.15) is 0 Å². The highest BCUT2D eigenvalue weighted by molar-refractivity contribution is 8.00. The number of carbonyl (C=O) groups is 1. The van der Waals surface area contributed by atoms with Crippen molar-refractivity contribution < 1.29 is 4.79 Å². The largest absolute Gasteiger partial charge is 0.351 e. The van der Waals surface area contributed by atoms with Crippen LogP contribution in [0.25, 0.3) is 0 Å².